The van der Waals surface area contributed by atoms with Crippen molar-refractivity contribution >= 4 is 28.5 Å². The molecule has 1 amide bonds. The minimum absolute atomic E-state index is 0.0549. The molecule has 1 aliphatic heterocycles. The molecular formula is C13H23N7OS. The molecule has 2 heterocycles. The van der Waals surface area contributed by atoms with Crippen LogP contribution in [0.1, 0.15) is 12.7 Å². The van der Waals surface area contributed by atoms with Crippen LogP contribution >= 0.6 is 11.5 Å². The highest BCUT2D eigenvalue weighted by molar-refractivity contribution is 7.09. The molecule has 0 unspecified atom stereocenters. The predicted octanol–water partition coefficient (Wildman–Crippen LogP) is -0.456. The molecule has 2 rings (SSSR count). The second kappa shape index (κ2) is 7.92. The maximum Gasteiger partial charge on any atom is 0.239 e. The number of hydrogen-bond donors (Lipinski definition) is 2. The van der Waals surface area contributed by atoms with Crippen molar-refractivity contribution in [2.45, 2.75) is 13.3 Å². The van der Waals surface area contributed by atoms with Gasteiger partial charge in [0.05, 0.1) is 6.54 Å². The number of aromatic nitrogens is 2. The normalized spacial score (nSPS) is 15.9. The Kier molecular flexibility index (Phi) is 5.93. The zero-order chi connectivity index (χ0) is 15.9. The van der Waals surface area contributed by atoms with Crippen molar-refractivity contribution in [1.29, 1.82) is 0 Å². The van der Waals surface area contributed by atoms with Gasteiger partial charge in [0.25, 0.3) is 0 Å². The van der Waals surface area contributed by atoms with Gasteiger partial charge in [-0.1, -0.05) is 6.92 Å². The summed E-state index contributed by atoms with van der Waals surface area (Å²) in [6, 6.07) is 0. The first-order valence-corrected chi connectivity index (χ1v) is 8.19. The number of piperazine rings is 1. The average molecular weight is 325 g/mol. The zero-order valence-corrected chi connectivity index (χ0v) is 14.1. The number of guanidine groups is 1. The van der Waals surface area contributed by atoms with E-state index in [1.54, 1.807) is 14.1 Å². The topological polar surface area (TPSA) is 85.8 Å². The molecule has 122 valence electrons. The highest BCUT2D eigenvalue weighted by Crippen LogP contribution is 2.19. The number of likely N-dealkylation sites (N-methyl/N-ethyl adjacent to an activating group) is 1. The van der Waals surface area contributed by atoms with E-state index in [2.05, 4.69) is 41.7 Å². The van der Waals surface area contributed by atoms with Gasteiger partial charge in [-0.05, 0) is 0 Å². The molecule has 0 aromatic carbocycles. The first kappa shape index (κ1) is 16.5. The summed E-state index contributed by atoms with van der Waals surface area (Å²) in [7, 11) is 3.36. The Morgan fingerprint density at radius 2 is 2.09 bits per heavy atom. The molecule has 0 bridgehead atoms. The number of anilines is 1. The number of carbonyl (C=O) groups excluding carboxylic acids is 1. The fourth-order valence-electron chi connectivity index (χ4n) is 2.21. The fraction of sp³-hybridized carbons (Fsp3) is 0.692. The minimum Gasteiger partial charge on any atom is -0.358 e. The lowest BCUT2D eigenvalue weighted by Crippen LogP contribution is -2.53. The summed E-state index contributed by atoms with van der Waals surface area (Å²) < 4.78 is 4.33. The van der Waals surface area contributed by atoms with E-state index in [4.69, 9.17) is 0 Å². The summed E-state index contributed by atoms with van der Waals surface area (Å²) in [5.41, 5.74) is 0. The van der Waals surface area contributed by atoms with E-state index in [9.17, 15) is 4.79 Å². The number of aliphatic imine (C=N–C) groups is 1. The highest BCUT2D eigenvalue weighted by Gasteiger charge is 2.22. The number of aryl methyl sites for hydroxylation is 1. The van der Waals surface area contributed by atoms with Gasteiger partial charge in [-0.15, -0.1) is 0 Å². The van der Waals surface area contributed by atoms with Gasteiger partial charge in [-0.2, -0.15) is 4.37 Å². The molecule has 0 aliphatic carbocycles. The van der Waals surface area contributed by atoms with Crippen molar-refractivity contribution in [1.82, 2.24) is 24.9 Å². The third-order valence-corrected chi connectivity index (χ3v) is 4.34. The van der Waals surface area contributed by atoms with Gasteiger partial charge in [0, 0.05) is 58.2 Å². The summed E-state index contributed by atoms with van der Waals surface area (Å²) >= 11 is 1.46. The van der Waals surface area contributed by atoms with E-state index in [1.807, 2.05) is 0 Å². The largest absolute Gasteiger partial charge is 0.358 e. The lowest BCUT2D eigenvalue weighted by Gasteiger charge is -2.36. The molecule has 0 spiro atoms. The van der Waals surface area contributed by atoms with Gasteiger partial charge < -0.3 is 20.4 Å². The van der Waals surface area contributed by atoms with Gasteiger partial charge in [0.15, 0.2) is 5.96 Å². The monoisotopic (exact) mass is 325 g/mol. The molecule has 2 N–H and O–H groups in total. The predicted molar refractivity (Wildman–Crippen MR) is 88.5 cm³/mol. The highest BCUT2D eigenvalue weighted by atomic mass is 32.1. The van der Waals surface area contributed by atoms with Crippen molar-refractivity contribution in [3.05, 3.63) is 5.82 Å². The second-order valence-electron chi connectivity index (χ2n) is 4.89. The Bertz CT molecular complexity index is 522. The SMILES string of the molecule is CCc1nsc(N2CCN(C(=NC)NCC(=O)NC)CC2)n1. The van der Waals surface area contributed by atoms with Crippen molar-refractivity contribution in [3.8, 4) is 0 Å². The molecule has 1 aromatic heterocycles. The van der Waals surface area contributed by atoms with Gasteiger partial charge in [-0.25, -0.2) is 4.98 Å². The second-order valence-corrected chi connectivity index (χ2v) is 5.63. The molecule has 1 saturated heterocycles. The van der Waals surface area contributed by atoms with E-state index in [0.29, 0.717) is 0 Å². The summed E-state index contributed by atoms with van der Waals surface area (Å²) in [6.45, 7) is 5.73. The average Bonchev–Trinajstić information content (AvgIpc) is 3.04. The molecule has 1 aliphatic rings. The Labute approximate surface area is 134 Å². The van der Waals surface area contributed by atoms with Crippen molar-refractivity contribution in [2.75, 3.05) is 51.7 Å². The summed E-state index contributed by atoms with van der Waals surface area (Å²) in [5.74, 6) is 1.61. The first-order chi connectivity index (χ1) is 10.7. The lowest BCUT2D eigenvalue weighted by atomic mass is 10.3. The van der Waals surface area contributed by atoms with Crippen LogP contribution in [-0.2, 0) is 11.2 Å². The van der Waals surface area contributed by atoms with Gasteiger partial charge >= 0.3 is 0 Å². The van der Waals surface area contributed by atoms with E-state index < -0.39 is 0 Å². The lowest BCUT2D eigenvalue weighted by molar-refractivity contribution is -0.119. The van der Waals surface area contributed by atoms with E-state index >= 15 is 0 Å². The molecule has 1 fully saturated rings. The Balaban J connectivity index is 1.86. The maximum atomic E-state index is 11.3. The molecule has 9 heteroatoms. The third-order valence-electron chi connectivity index (χ3n) is 3.52. The molecule has 0 saturated carbocycles. The van der Waals surface area contributed by atoms with Gasteiger partial charge in [0.1, 0.15) is 5.82 Å². The van der Waals surface area contributed by atoms with Crippen LogP contribution in [0.25, 0.3) is 0 Å². The third kappa shape index (κ3) is 4.06. The molecule has 8 nitrogen and oxygen atoms in total. The van der Waals surface area contributed by atoms with Crippen LogP contribution in [0, 0.1) is 0 Å². The summed E-state index contributed by atoms with van der Waals surface area (Å²) in [6.07, 6.45) is 0.868. The maximum absolute atomic E-state index is 11.3. The number of nitrogens with zero attached hydrogens (tertiary/aromatic N) is 5. The minimum atomic E-state index is -0.0549. The van der Waals surface area contributed by atoms with Gasteiger partial charge in [0.2, 0.25) is 11.0 Å². The molecular weight excluding hydrogens is 302 g/mol. The van der Waals surface area contributed by atoms with E-state index in [1.165, 1.54) is 11.5 Å². The molecule has 0 atom stereocenters. The Morgan fingerprint density at radius 1 is 1.36 bits per heavy atom. The number of nitrogens with one attached hydrogen (secondary N) is 2. The van der Waals surface area contributed by atoms with E-state index in [0.717, 1.165) is 49.5 Å². The molecule has 22 heavy (non-hydrogen) atoms. The van der Waals surface area contributed by atoms with Gasteiger partial charge in [-0.3, -0.25) is 9.79 Å². The molecule has 0 radical (unpaired) electrons. The number of carbonyl (C=O) groups is 1. The smallest absolute Gasteiger partial charge is 0.239 e. The summed E-state index contributed by atoms with van der Waals surface area (Å²) in [5, 5.41) is 6.65. The van der Waals surface area contributed by atoms with Crippen LogP contribution in [0.3, 0.4) is 0 Å². The first-order valence-electron chi connectivity index (χ1n) is 7.41. The Morgan fingerprint density at radius 3 is 2.64 bits per heavy atom. The van der Waals surface area contributed by atoms with Crippen LogP contribution in [-0.4, -0.2) is 72.9 Å². The number of amides is 1. The van der Waals surface area contributed by atoms with Crippen LogP contribution in [0.2, 0.25) is 0 Å². The summed E-state index contributed by atoms with van der Waals surface area (Å²) in [4.78, 5) is 24.5. The van der Waals surface area contributed by atoms with Crippen molar-refractivity contribution in [2.24, 2.45) is 4.99 Å². The number of rotatable bonds is 4. The van der Waals surface area contributed by atoms with Crippen molar-refractivity contribution in [3.63, 3.8) is 0 Å². The van der Waals surface area contributed by atoms with Crippen molar-refractivity contribution < 1.29 is 4.79 Å². The molecule has 1 aromatic rings. The fourth-order valence-corrected chi connectivity index (χ4v) is 3.01. The van der Waals surface area contributed by atoms with E-state index in [-0.39, 0.29) is 12.5 Å². The number of hydrogen-bond acceptors (Lipinski definition) is 6. The van der Waals surface area contributed by atoms with Crippen LogP contribution in [0.15, 0.2) is 4.99 Å². The zero-order valence-electron chi connectivity index (χ0n) is 13.3. The van der Waals surface area contributed by atoms with Crippen LogP contribution < -0.4 is 15.5 Å². The van der Waals surface area contributed by atoms with Crippen LogP contribution in [0.5, 0.6) is 0 Å². The van der Waals surface area contributed by atoms with Crippen LogP contribution in [0.4, 0.5) is 5.13 Å². The standard InChI is InChI=1S/C13H23N7OS/c1-4-10-17-13(22-18-10)20-7-5-19(6-8-20)12(15-3)16-9-11(21)14-2/h4-9H2,1-3H3,(H,14,21)(H,15,16). The quantitative estimate of drug-likeness (QED) is 0.576. The Hall–Kier alpha value is -1.90.